The predicted molar refractivity (Wildman–Crippen MR) is 125 cm³/mol. The second kappa shape index (κ2) is 11.1. The molecule has 0 radical (unpaired) electrons. The van der Waals surface area contributed by atoms with Crippen molar-refractivity contribution in [3.05, 3.63) is 53.6 Å². The largest absolute Gasteiger partial charge is 0.497 e. The van der Waals surface area contributed by atoms with E-state index in [1.54, 1.807) is 14.2 Å². The summed E-state index contributed by atoms with van der Waals surface area (Å²) in [5, 5.41) is 0. The van der Waals surface area contributed by atoms with Crippen LogP contribution in [0.5, 0.6) is 17.2 Å². The van der Waals surface area contributed by atoms with Gasteiger partial charge in [0.25, 0.3) is 0 Å². The summed E-state index contributed by atoms with van der Waals surface area (Å²) in [6.45, 7) is 7.15. The summed E-state index contributed by atoms with van der Waals surface area (Å²) in [4.78, 5) is 14.1. The van der Waals surface area contributed by atoms with Gasteiger partial charge in [0.2, 0.25) is 0 Å². The molecule has 0 unspecified atom stereocenters. The van der Waals surface area contributed by atoms with Gasteiger partial charge in [0.05, 0.1) is 26.9 Å². The molecule has 0 N–H and O–H groups in total. The molecule has 174 valence electrons. The molecule has 0 bridgehead atoms. The molecule has 1 heterocycles. The maximum absolute atomic E-state index is 12.3. The summed E-state index contributed by atoms with van der Waals surface area (Å²) >= 11 is 0. The lowest BCUT2D eigenvalue weighted by Gasteiger charge is -2.30. The Bertz CT molecular complexity index is 877. The van der Waals surface area contributed by atoms with E-state index < -0.39 is 0 Å². The third-order valence-corrected chi connectivity index (χ3v) is 6.10. The van der Waals surface area contributed by atoms with E-state index in [0.717, 1.165) is 47.6 Å². The SMILES string of the molecule is CCOC(=O)N1CCC[C@H]1[C@H](C)Oc1ccccc1C[C@H](C)c1cc(OC)cc(OC)c1. The van der Waals surface area contributed by atoms with Crippen molar-refractivity contribution in [2.45, 2.75) is 58.1 Å². The van der Waals surface area contributed by atoms with Crippen molar-refractivity contribution in [2.75, 3.05) is 27.4 Å². The lowest BCUT2D eigenvalue weighted by Crippen LogP contribution is -2.44. The van der Waals surface area contributed by atoms with Crippen LogP contribution in [0.4, 0.5) is 4.79 Å². The van der Waals surface area contributed by atoms with Crippen LogP contribution in [0.25, 0.3) is 0 Å². The fourth-order valence-electron chi connectivity index (χ4n) is 4.34. The van der Waals surface area contributed by atoms with Crippen molar-refractivity contribution in [2.24, 2.45) is 0 Å². The Hall–Kier alpha value is -2.89. The molecule has 0 aliphatic carbocycles. The highest BCUT2D eigenvalue weighted by molar-refractivity contribution is 5.68. The van der Waals surface area contributed by atoms with Gasteiger partial charge in [-0.05, 0) is 68.4 Å². The number of carbonyl (C=O) groups is 1. The minimum atomic E-state index is -0.251. The van der Waals surface area contributed by atoms with Gasteiger partial charge in [-0.2, -0.15) is 0 Å². The first kappa shape index (κ1) is 23.8. The van der Waals surface area contributed by atoms with Crippen molar-refractivity contribution in [3.63, 3.8) is 0 Å². The van der Waals surface area contributed by atoms with E-state index >= 15 is 0 Å². The first-order valence-electron chi connectivity index (χ1n) is 11.4. The van der Waals surface area contributed by atoms with Crippen molar-refractivity contribution in [3.8, 4) is 17.2 Å². The number of ether oxygens (including phenoxy) is 4. The van der Waals surface area contributed by atoms with Gasteiger partial charge in [0, 0.05) is 12.6 Å². The zero-order valence-corrected chi connectivity index (χ0v) is 19.8. The van der Waals surface area contributed by atoms with Gasteiger partial charge in [0.15, 0.2) is 0 Å². The number of para-hydroxylation sites is 1. The zero-order valence-electron chi connectivity index (χ0n) is 19.8. The third-order valence-electron chi connectivity index (χ3n) is 6.10. The Kier molecular flexibility index (Phi) is 8.26. The van der Waals surface area contributed by atoms with Crippen LogP contribution in [-0.4, -0.2) is 50.5 Å². The number of hydrogen-bond donors (Lipinski definition) is 0. The summed E-state index contributed by atoms with van der Waals surface area (Å²) in [6.07, 6.45) is 2.32. The van der Waals surface area contributed by atoms with Crippen LogP contribution in [-0.2, 0) is 11.2 Å². The monoisotopic (exact) mass is 441 g/mol. The summed E-state index contributed by atoms with van der Waals surface area (Å²) in [6, 6.07) is 14.1. The van der Waals surface area contributed by atoms with E-state index in [1.807, 2.05) is 43.0 Å². The summed E-state index contributed by atoms with van der Waals surface area (Å²) in [7, 11) is 3.33. The smallest absolute Gasteiger partial charge is 0.410 e. The molecule has 0 spiro atoms. The maximum Gasteiger partial charge on any atom is 0.410 e. The van der Waals surface area contributed by atoms with Gasteiger partial charge in [-0.15, -0.1) is 0 Å². The summed E-state index contributed by atoms with van der Waals surface area (Å²) in [5.41, 5.74) is 2.28. The quantitative estimate of drug-likeness (QED) is 0.519. The Morgan fingerprint density at radius 2 is 1.78 bits per heavy atom. The van der Waals surface area contributed by atoms with E-state index in [0.29, 0.717) is 13.2 Å². The lowest BCUT2D eigenvalue weighted by atomic mass is 9.93. The van der Waals surface area contributed by atoms with Crippen molar-refractivity contribution in [1.82, 2.24) is 4.90 Å². The van der Waals surface area contributed by atoms with Crippen LogP contribution in [0.2, 0.25) is 0 Å². The van der Waals surface area contributed by atoms with Gasteiger partial charge in [-0.3, -0.25) is 0 Å². The number of hydrogen-bond acceptors (Lipinski definition) is 5. The number of nitrogens with zero attached hydrogens (tertiary/aromatic N) is 1. The lowest BCUT2D eigenvalue weighted by molar-refractivity contribution is 0.0697. The normalized spacial score (nSPS) is 17.5. The average molecular weight is 442 g/mol. The predicted octanol–water partition coefficient (Wildman–Crippen LogP) is 5.44. The molecule has 1 aliphatic heterocycles. The number of likely N-dealkylation sites (tertiary alicyclic amines) is 1. The van der Waals surface area contributed by atoms with Crippen LogP contribution in [0, 0.1) is 0 Å². The van der Waals surface area contributed by atoms with Crippen LogP contribution < -0.4 is 14.2 Å². The number of amides is 1. The minimum absolute atomic E-state index is 0.0159. The third kappa shape index (κ3) is 5.67. The zero-order chi connectivity index (χ0) is 23.1. The highest BCUT2D eigenvalue weighted by Crippen LogP contribution is 2.32. The summed E-state index contributed by atoms with van der Waals surface area (Å²) in [5.74, 6) is 2.66. The van der Waals surface area contributed by atoms with E-state index in [2.05, 4.69) is 25.1 Å². The highest BCUT2D eigenvalue weighted by atomic mass is 16.6. The maximum atomic E-state index is 12.3. The van der Waals surface area contributed by atoms with Crippen LogP contribution in [0.15, 0.2) is 42.5 Å². The molecule has 32 heavy (non-hydrogen) atoms. The highest BCUT2D eigenvalue weighted by Gasteiger charge is 2.35. The first-order chi connectivity index (χ1) is 15.5. The van der Waals surface area contributed by atoms with Gasteiger partial charge in [-0.1, -0.05) is 25.1 Å². The van der Waals surface area contributed by atoms with Crippen LogP contribution >= 0.6 is 0 Å². The molecule has 0 aromatic heterocycles. The minimum Gasteiger partial charge on any atom is -0.497 e. The first-order valence-corrected chi connectivity index (χ1v) is 11.4. The molecule has 6 heteroatoms. The Balaban J connectivity index is 1.74. The van der Waals surface area contributed by atoms with Gasteiger partial charge >= 0.3 is 6.09 Å². The number of rotatable bonds is 9. The average Bonchev–Trinajstić information content (AvgIpc) is 3.30. The standard InChI is InChI=1S/C26H35NO5/c1-6-31-26(28)27-13-9-11-24(27)19(3)32-25-12-8-7-10-20(25)14-18(2)21-15-22(29-4)17-23(16-21)30-5/h7-8,10,12,15-19,24H,6,9,11,13-14H2,1-5H3/t18-,19-,24-/m0/s1. The molecule has 1 aliphatic rings. The molecule has 2 aromatic rings. The Morgan fingerprint density at radius 1 is 1.09 bits per heavy atom. The van der Waals surface area contributed by atoms with E-state index in [1.165, 1.54) is 0 Å². The van der Waals surface area contributed by atoms with E-state index in [4.69, 9.17) is 18.9 Å². The number of methoxy groups -OCH3 is 2. The van der Waals surface area contributed by atoms with Crippen LogP contribution in [0.1, 0.15) is 50.7 Å². The number of carbonyl (C=O) groups excluding carboxylic acids is 1. The van der Waals surface area contributed by atoms with Crippen molar-refractivity contribution < 1.29 is 23.7 Å². The number of benzene rings is 2. The molecule has 6 nitrogen and oxygen atoms in total. The van der Waals surface area contributed by atoms with Gasteiger partial charge in [-0.25, -0.2) is 4.79 Å². The molecular formula is C26H35NO5. The van der Waals surface area contributed by atoms with E-state index in [-0.39, 0.29) is 24.2 Å². The Morgan fingerprint density at radius 3 is 2.44 bits per heavy atom. The molecule has 3 rings (SSSR count). The second-order valence-corrected chi connectivity index (χ2v) is 8.28. The van der Waals surface area contributed by atoms with Gasteiger partial charge in [0.1, 0.15) is 23.4 Å². The molecule has 1 fully saturated rings. The topological polar surface area (TPSA) is 57.2 Å². The second-order valence-electron chi connectivity index (χ2n) is 8.28. The fourth-order valence-corrected chi connectivity index (χ4v) is 4.34. The Labute approximate surface area is 191 Å². The fraction of sp³-hybridized carbons (Fsp3) is 0.500. The molecule has 1 amide bonds. The molecule has 1 saturated heterocycles. The molecule has 3 atom stereocenters. The molecule has 0 saturated carbocycles. The van der Waals surface area contributed by atoms with E-state index in [9.17, 15) is 4.79 Å². The summed E-state index contributed by atoms with van der Waals surface area (Å²) < 4.78 is 22.5. The molecular weight excluding hydrogens is 406 g/mol. The van der Waals surface area contributed by atoms with Gasteiger partial charge < -0.3 is 23.8 Å². The molecule has 2 aromatic carbocycles. The van der Waals surface area contributed by atoms with Crippen molar-refractivity contribution >= 4 is 6.09 Å². The van der Waals surface area contributed by atoms with Crippen molar-refractivity contribution in [1.29, 1.82) is 0 Å². The van der Waals surface area contributed by atoms with Crippen LogP contribution in [0.3, 0.4) is 0 Å².